The normalized spacial score (nSPS) is 16.3. The summed E-state index contributed by atoms with van der Waals surface area (Å²) in [7, 11) is -2.84. The van der Waals surface area contributed by atoms with Gasteiger partial charge in [0, 0.05) is 4.75 Å². The van der Waals surface area contributed by atoms with Gasteiger partial charge < -0.3 is 0 Å². The van der Waals surface area contributed by atoms with Crippen LogP contribution in [0, 0.1) is 4.78 Å². The second kappa shape index (κ2) is 3.55. The summed E-state index contributed by atoms with van der Waals surface area (Å²) in [6.07, 6.45) is 0. The molecule has 0 aliphatic carbocycles. The van der Waals surface area contributed by atoms with E-state index in [4.69, 9.17) is 16.4 Å². The van der Waals surface area contributed by atoms with Gasteiger partial charge in [-0.05, 0) is 32.9 Å². The summed E-state index contributed by atoms with van der Waals surface area (Å²) < 4.78 is 19.5. The van der Waals surface area contributed by atoms with Crippen molar-refractivity contribution in [1.29, 1.82) is 4.78 Å². The van der Waals surface area contributed by atoms with Crippen LogP contribution < -0.4 is 0 Å². The first-order chi connectivity index (χ1) is 6.27. The second-order valence-corrected chi connectivity index (χ2v) is 7.28. The summed E-state index contributed by atoms with van der Waals surface area (Å²) in [5, 5.41) is 0.405. The van der Waals surface area contributed by atoms with E-state index < -0.39 is 14.5 Å². The van der Waals surface area contributed by atoms with Gasteiger partial charge in [0.15, 0.2) is 0 Å². The van der Waals surface area contributed by atoms with Crippen LogP contribution in [0.3, 0.4) is 0 Å². The Morgan fingerprint density at radius 1 is 1.29 bits per heavy atom. The molecule has 0 aromatic heterocycles. The van der Waals surface area contributed by atoms with E-state index >= 15 is 0 Å². The molecule has 0 radical (unpaired) electrons. The number of benzene rings is 1. The molecule has 0 aliphatic heterocycles. The van der Waals surface area contributed by atoms with Crippen LogP contribution in [-0.4, -0.2) is 8.96 Å². The maximum absolute atomic E-state index is 12.2. The van der Waals surface area contributed by atoms with Crippen molar-refractivity contribution in [2.24, 2.45) is 0 Å². The lowest BCUT2D eigenvalue weighted by atomic mass is 10.3. The lowest BCUT2D eigenvalue weighted by Crippen LogP contribution is -2.26. The average Bonchev–Trinajstić information content (AvgIpc) is 2.02. The van der Waals surface area contributed by atoms with Crippen molar-refractivity contribution in [2.75, 3.05) is 0 Å². The minimum atomic E-state index is -2.84. The topological polar surface area (TPSA) is 40.9 Å². The maximum atomic E-state index is 12.2. The van der Waals surface area contributed by atoms with E-state index in [1.807, 2.05) is 0 Å². The van der Waals surface area contributed by atoms with Crippen molar-refractivity contribution in [1.82, 2.24) is 0 Å². The predicted octanol–water partition coefficient (Wildman–Crippen LogP) is 3.54. The van der Waals surface area contributed by atoms with E-state index in [0.29, 0.717) is 9.92 Å². The van der Waals surface area contributed by atoms with Gasteiger partial charge in [-0.3, -0.25) is 0 Å². The molecule has 2 nitrogen and oxygen atoms in total. The Hall–Kier alpha value is -0.540. The molecule has 0 saturated carbocycles. The molecular weight excluding hydrogens is 218 g/mol. The SMILES string of the molecule is CC(C)(C)S(=N)(=O)c1ccccc1Cl. The van der Waals surface area contributed by atoms with Crippen LogP contribution in [0.4, 0.5) is 0 Å². The van der Waals surface area contributed by atoms with Gasteiger partial charge in [0.05, 0.1) is 19.6 Å². The first-order valence-corrected chi connectivity index (χ1v) is 6.23. The molecule has 1 atom stereocenters. The third-order valence-electron chi connectivity index (χ3n) is 2.01. The molecule has 0 saturated heterocycles. The predicted molar refractivity (Wildman–Crippen MR) is 60.3 cm³/mol. The summed E-state index contributed by atoms with van der Waals surface area (Å²) in [5.74, 6) is 0. The molecule has 78 valence electrons. The smallest absolute Gasteiger partial charge is 0.0790 e. The maximum Gasteiger partial charge on any atom is 0.0790 e. The van der Waals surface area contributed by atoms with Gasteiger partial charge in [0.2, 0.25) is 0 Å². The van der Waals surface area contributed by atoms with E-state index in [-0.39, 0.29) is 0 Å². The fraction of sp³-hybridized carbons (Fsp3) is 0.400. The standard InChI is InChI=1S/C10H14ClNOS/c1-10(2,3)14(12,13)9-7-5-4-6-8(9)11/h4-7,12H,1-3H3. The number of halogens is 1. The van der Waals surface area contributed by atoms with Crippen molar-refractivity contribution in [3.05, 3.63) is 29.3 Å². The summed E-state index contributed by atoms with van der Waals surface area (Å²) >= 11 is 5.92. The minimum Gasteiger partial charge on any atom is -0.248 e. The Balaban J connectivity index is 3.40. The van der Waals surface area contributed by atoms with Crippen molar-refractivity contribution in [2.45, 2.75) is 30.4 Å². The molecule has 0 aliphatic rings. The number of hydrogen-bond donors (Lipinski definition) is 1. The first kappa shape index (κ1) is 11.5. The fourth-order valence-electron chi connectivity index (χ4n) is 1.01. The summed E-state index contributed by atoms with van der Waals surface area (Å²) in [6, 6.07) is 6.84. The van der Waals surface area contributed by atoms with Crippen LogP contribution in [0.5, 0.6) is 0 Å². The lowest BCUT2D eigenvalue weighted by molar-refractivity contribution is 0.637. The monoisotopic (exact) mass is 231 g/mol. The second-order valence-electron chi connectivity index (χ2n) is 4.10. The Labute approximate surface area is 90.3 Å². The molecule has 1 N–H and O–H groups in total. The first-order valence-electron chi connectivity index (χ1n) is 4.30. The summed E-state index contributed by atoms with van der Waals surface area (Å²) in [6.45, 7) is 5.35. The van der Waals surface area contributed by atoms with Gasteiger partial charge in [-0.15, -0.1) is 0 Å². The third-order valence-corrected chi connectivity index (χ3v) is 5.15. The molecule has 1 rings (SSSR count). The molecule has 0 bridgehead atoms. The van der Waals surface area contributed by atoms with Gasteiger partial charge in [0.25, 0.3) is 0 Å². The lowest BCUT2D eigenvalue weighted by Gasteiger charge is -2.23. The van der Waals surface area contributed by atoms with Crippen molar-refractivity contribution >= 4 is 21.3 Å². The molecule has 0 heterocycles. The fourth-order valence-corrected chi connectivity index (χ4v) is 2.74. The van der Waals surface area contributed by atoms with Gasteiger partial charge in [-0.2, -0.15) is 0 Å². The van der Waals surface area contributed by atoms with Crippen LogP contribution in [0.15, 0.2) is 29.2 Å². The highest BCUT2D eigenvalue weighted by molar-refractivity contribution is 7.93. The largest absolute Gasteiger partial charge is 0.248 e. The molecule has 1 unspecified atom stereocenters. The average molecular weight is 232 g/mol. The molecular formula is C10H14ClNOS. The van der Waals surface area contributed by atoms with Crippen LogP contribution in [0.1, 0.15) is 20.8 Å². The zero-order chi connectivity index (χ0) is 11.0. The number of hydrogen-bond acceptors (Lipinski definition) is 2. The summed E-state index contributed by atoms with van der Waals surface area (Å²) in [4.78, 5) is 0.425. The van der Waals surface area contributed by atoms with E-state index in [2.05, 4.69) is 0 Å². The number of nitrogens with one attached hydrogen (secondary N) is 1. The van der Waals surface area contributed by atoms with Gasteiger partial charge >= 0.3 is 0 Å². The van der Waals surface area contributed by atoms with Crippen LogP contribution >= 0.6 is 11.6 Å². The molecule has 4 heteroatoms. The Morgan fingerprint density at radius 3 is 2.21 bits per heavy atom. The van der Waals surface area contributed by atoms with Crippen molar-refractivity contribution < 1.29 is 4.21 Å². The zero-order valence-electron chi connectivity index (χ0n) is 8.50. The van der Waals surface area contributed by atoms with Crippen LogP contribution in [0.2, 0.25) is 5.02 Å². The quantitative estimate of drug-likeness (QED) is 0.789. The van der Waals surface area contributed by atoms with Crippen molar-refractivity contribution in [3.63, 3.8) is 0 Å². The highest BCUT2D eigenvalue weighted by Gasteiger charge is 2.28. The Kier molecular flexibility index (Phi) is 2.93. The Bertz CT molecular complexity index is 432. The van der Waals surface area contributed by atoms with Gasteiger partial charge in [0.1, 0.15) is 0 Å². The Morgan fingerprint density at radius 2 is 1.79 bits per heavy atom. The molecule has 0 spiro atoms. The van der Waals surface area contributed by atoms with E-state index in [0.717, 1.165) is 0 Å². The summed E-state index contributed by atoms with van der Waals surface area (Å²) in [5.41, 5.74) is 0. The van der Waals surface area contributed by atoms with Crippen molar-refractivity contribution in [3.8, 4) is 0 Å². The van der Waals surface area contributed by atoms with E-state index in [9.17, 15) is 4.21 Å². The highest BCUT2D eigenvalue weighted by atomic mass is 35.5. The van der Waals surface area contributed by atoms with Gasteiger partial charge in [-0.1, -0.05) is 23.7 Å². The van der Waals surface area contributed by atoms with Gasteiger partial charge in [-0.25, -0.2) is 8.99 Å². The third kappa shape index (κ3) is 1.93. The molecule has 1 aromatic rings. The zero-order valence-corrected chi connectivity index (χ0v) is 10.1. The van der Waals surface area contributed by atoms with E-state index in [1.165, 1.54) is 0 Å². The minimum absolute atomic E-state index is 0.405. The van der Waals surface area contributed by atoms with Crippen LogP contribution in [0.25, 0.3) is 0 Å². The van der Waals surface area contributed by atoms with Crippen LogP contribution in [-0.2, 0) is 9.73 Å². The molecule has 14 heavy (non-hydrogen) atoms. The number of rotatable bonds is 1. The molecule has 1 aromatic carbocycles. The molecule has 0 amide bonds. The highest BCUT2D eigenvalue weighted by Crippen LogP contribution is 2.30. The van der Waals surface area contributed by atoms with E-state index in [1.54, 1.807) is 45.0 Å². The molecule has 0 fully saturated rings.